The van der Waals surface area contributed by atoms with E-state index in [4.69, 9.17) is 9.84 Å². The van der Waals surface area contributed by atoms with Crippen LogP contribution in [0.25, 0.3) is 0 Å². The van der Waals surface area contributed by atoms with E-state index >= 15 is 0 Å². The van der Waals surface area contributed by atoms with Gasteiger partial charge < -0.3 is 9.84 Å². The van der Waals surface area contributed by atoms with Crippen molar-refractivity contribution in [3.8, 4) is 0 Å². The molecule has 0 heterocycles. The second-order valence-corrected chi connectivity index (χ2v) is 2.56. The Balaban J connectivity index is 0.000000791. The van der Waals surface area contributed by atoms with Gasteiger partial charge in [0, 0.05) is 6.61 Å². The number of ether oxygens (including phenoxy) is 1. The van der Waals surface area contributed by atoms with Crippen LogP contribution in [0.3, 0.4) is 0 Å². The fourth-order valence-electron chi connectivity index (χ4n) is 1.06. The van der Waals surface area contributed by atoms with Crippen molar-refractivity contribution in [1.29, 1.82) is 0 Å². The normalized spacial score (nSPS) is 9.14. The molecule has 1 rings (SSSR count). The summed E-state index contributed by atoms with van der Waals surface area (Å²) < 4.78 is 5.25. The molecule has 2 heteroatoms. The minimum atomic E-state index is 0.0866. The van der Waals surface area contributed by atoms with Crippen LogP contribution < -0.4 is 0 Å². The van der Waals surface area contributed by atoms with E-state index in [2.05, 4.69) is 0 Å². The lowest BCUT2D eigenvalue weighted by molar-refractivity contribution is 0.132. The Morgan fingerprint density at radius 1 is 1.14 bits per heavy atom. The van der Waals surface area contributed by atoms with E-state index in [-0.39, 0.29) is 6.61 Å². The maximum absolute atomic E-state index is 8.96. The zero-order valence-electron chi connectivity index (χ0n) is 9.29. The largest absolute Gasteiger partial charge is 0.392 e. The Morgan fingerprint density at radius 2 is 1.71 bits per heavy atom. The summed E-state index contributed by atoms with van der Waals surface area (Å²) in [7, 11) is 0. The van der Waals surface area contributed by atoms with Crippen LogP contribution in [0.5, 0.6) is 0 Å². The Hall–Kier alpha value is -0.860. The van der Waals surface area contributed by atoms with Gasteiger partial charge in [0.2, 0.25) is 0 Å². The molecule has 0 bridgehead atoms. The maximum atomic E-state index is 8.96. The van der Waals surface area contributed by atoms with Crippen molar-refractivity contribution < 1.29 is 9.84 Å². The highest BCUT2D eigenvalue weighted by Gasteiger charge is 1.98. The molecule has 0 spiro atoms. The summed E-state index contributed by atoms with van der Waals surface area (Å²) in [5.74, 6) is 0. The lowest BCUT2D eigenvalue weighted by atomic mass is 10.1. The molecular weight excluding hydrogens is 176 g/mol. The molecule has 0 saturated heterocycles. The molecule has 0 saturated carbocycles. The molecule has 0 fully saturated rings. The first kappa shape index (κ1) is 13.1. The molecule has 0 amide bonds. The Kier molecular flexibility index (Phi) is 8.19. The van der Waals surface area contributed by atoms with Crippen molar-refractivity contribution in [2.24, 2.45) is 0 Å². The summed E-state index contributed by atoms with van der Waals surface area (Å²) in [5.41, 5.74) is 2.02. The fraction of sp³-hybridized carbons (Fsp3) is 0.500. The van der Waals surface area contributed by atoms with Crippen LogP contribution in [0.2, 0.25) is 0 Å². The molecule has 0 aromatic heterocycles. The van der Waals surface area contributed by atoms with Gasteiger partial charge in [-0.2, -0.15) is 0 Å². The first-order chi connectivity index (χ1) is 6.88. The summed E-state index contributed by atoms with van der Waals surface area (Å²) in [6.07, 6.45) is 0. The monoisotopic (exact) mass is 196 g/mol. The first-order valence-corrected chi connectivity index (χ1v) is 5.14. The van der Waals surface area contributed by atoms with Gasteiger partial charge >= 0.3 is 0 Å². The van der Waals surface area contributed by atoms with Crippen LogP contribution in [0.4, 0.5) is 0 Å². The SMILES string of the molecule is CC.CCOCc1ccccc1CO. The molecule has 0 radical (unpaired) electrons. The number of hydrogen-bond acceptors (Lipinski definition) is 2. The minimum absolute atomic E-state index is 0.0866. The molecule has 0 aliphatic heterocycles. The lowest BCUT2D eigenvalue weighted by Gasteiger charge is -2.05. The van der Waals surface area contributed by atoms with Crippen molar-refractivity contribution in [3.05, 3.63) is 35.4 Å². The standard InChI is InChI=1S/C10H14O2.C2H6/c1-2-12-8-10-6-4-3-5-9(10)7-11;1-2/h3-6,11H,2,7-8H2,1H3;1-2H3. The van der Waals surface area contributed by atoms with Crippen molar-refractivity contribution in [3.63, 3.8) is 0 Å². The summed E-state index contributed by atoms with van der Waals surface area (Å²) in [6.45, 7) is 7.35. The Morgan fingerprint density at radius 3 is 2.21 bits per heavy atom. The molecule has 0 aliphatic rings. The molecule has 0 unspecified atom stereocenters. The summed E-state index contributed by atoms with van der Waals surface area (Å²) >= 11 is 0. The van der Waals surface area contributed by atoms with E-state index in [1.807, 2.05) is 45.0 Å². The van der Waals surface area contributed by atoms with Crippen LogP contribution in [0.1, 0.15) is 31.9 Å². The number of aliphatic hydroxyl groups excluding tert-OH is 1. The summed E-state index contributed by atoms with van der Waals surface area (Å²) in [4.78, 5) is 0. The van der Waals surface area contributed by atoms with Gasteiger partial charge in [-0.15, -0.1) is 0 Å². The predicted octanol–water partition coefficient (Wildman–Crippen LogP) is 2.74. The van der Waals surface area contributed by atoms with Gasteiger partial charge in [-0.3, -0.25) is 0 Å². The van der Waals surface area contributed by atoms with Crippen molar-refractivity contribution in [1.82, 2.24) is 0 Å². The molecule has 2 nitrogen and oxygen atoms in total. The molecule has 0 atom stereocenters. The van der Waals surface area contributed by atoms with Gasteiger partial charge in [0.15, 0.2) is 0 Å². The lowest BCUT2D eigenvalue weighted by Crippen LogP contribution is -1.97. The Labute approximate surface area is 86.5 Å². The topological polar surface area (TPSA) is 29.5 Å². The number of aliphatic hydroxyl groups is 1. The van der Waals surface area contributed by atoms with E-state index < -0.39 is 0 Å². The molecule has 1 aromatic rings. The number of benzene rings is 1. The van der Waals surface area contributed by atoms with Crippen molar-refractivity contribution in [2.75, 3.05) is 6.61 Å². The third kappa shape index (κ3) is 4.40. The molecule has 80 valence electrons. The third-order valence-corrected chi connectivity index (χ3v) is 1.75. The van der Waals surface area contributed by atoms with Gasteiger partial charge in [0.05, 0.1) is 13.2 Å². The van der Waals surface area contributed by atoms with E-state index in [1.165, 1.54) is 0 Å². The molecule has 14 heavy (non-hydrogen) atoms. The second kappa shape index (κ2) is 8.73. The fourth-order valence-corrected chi connectivity index (χ4v) is 1.06. The average Bonchev–Trinajstić information content (AvgIpc) is 2.29. The molecule has 1 N–H and O–H groups in total. The average molecular weight is 196 g/mol. The van der Waals surface area contributed by atoms with E-state index in [0.717, 1.165) is 11.1 Å². The molecular formula is C12H20O2. The van der Waals surface area contributed by atoms with E-state index in [9.17, 15) is 0 Å². The van der Waals surface area contributed by atoms with Gasteiger partial charge in [0.1, 0.15) is 0 Å². The Bertz CT molecular complexity index is 234. The summed E-state index contributed by atoms with van der Waals surface area (Å²) in [6, 6.07) is 7.75. The quantitative estimate of drug-likeness (QED) is 0.802. The van der Waals surface area contributed by atoms with Gasteiger partial charge in [-0.05, 0) is 18.1 Å². The van der Waals surface area contributed by atoms with Gasteiger partial charge in [-0.25, -0.2) is 0 Å². The second-order valence-electron chi connectivity index (χ2n) is 2.56. The van der Waals surface area contributed by atoms with Crippen LogP contribution >= 0.6 is 0 Å². The zero-order valence-corrected chi connectivity index (χ0v) is 9.29. The minimum Gasteiger partial charge on any atom is -0.392 e. The predicted molar refractivity (Wildman–Crippen MR) is 59.0 cm³/mol. The first-order valence-electron chi connectivity index (χ1n) is 5.14. The highest BCUT2D eigenvalue weighted by Crippen LogP contribution is 2.09. The summed E-state index contributed by atoms with van der Waals surface area (Å²) in [5, 5.41) is 8.96. The van der Waals surface area contributed by atoms with E-state index in [0.29, 0.717) is 13.2 Å². The van der Waals surface area contributed by atoms with Crippen LogP contribution in [-0.2, 0) is 18.0 Å². The highest BCUT2D eigenvalue weighted by molar-refractivity contribution is 5.25. The number of hydrogen-bond donors (Lipinski definition) is 1. The zero-order chi connectivity index (χ0) is 10.8. The third-order valence-electron chi connectivity index (χ3n) is 1.75. The molecule has 1 aromatic carbocycles. The molecule has 0 aliphatic carbocycles. The van der Waals surface area contributed by atoms with E-state index in [1.54, 1.807) is 0 Å². The van der Waals surface area contributed by atoms with Crippen LogP contribution in [0.15, 0.2) is 24.3 Å². The smallest absolute Gasteiger partial charge is 0.0720 e. The van der Waals surface area contributed by atoms with Crippen LogP contribution in [0, 0.1) is 0 Å². The van der Waals surface area contributed by atoms with Crippen molar-refractivity contribution >= 4 is 0 Å². The van der Waals surface area contributed by atoms with Crippen molar-refractivity contribution in [2.45, 2.75) is 34.0 Å². The van der Waals surface area contributed by atoms with Gasteiger partial charge in [0.25, 0.3) is 0 Å². The van der Waals surface area contributed by atoms with Gasteiger partial charge in [-0.1, -0.05) is 38.1 Å². The van der Waals surface area contributed by atoms with Crippen LogP contribution in [-0.4, -0.2) is 11.7 Å². The highest BCUT2D eigenvalue weighted by atomic mass is 16.5. The number of rotatable bonds is 4. The maximum Gasteiger partial charge on any atom is 0.0720 e.